The highest BCUT2D eigenvalue weighted by atomic mass is 79.9. The lowest BCUT2D eigenvalue weighted by Gasteiger charge is -2.32. The minimum Gasteiger partial charge on any atom is -0.326 e. The molecule has 0 saturated carbocycles. The first-order valence-electron chi connectivity index (χ1n) is 7.24. The lowest BCUT2D eigenvalue weighted by Crippen LogP contribution is -2.38. The van der Waals surface area contributed by atoms with E-state index in [4.69, 9.17) is 5.73 Å². The molecule has 106 valence electrons. The number of nitrogens with two attached hydrogens (primary N) is 1. The molecule has 0 amide bonds. The quantitative estimate of drug-likeness (QED) is 0.912. The lowest BCUT2D eigenvalue weighted by molar-refractivity contribution is 0.204. The average Bonchev–Trinajstić information content (AvgIpc) is 2.81. The van der Waals surface area contributed by atoms with Gasteiger partial charge in [-0.25, -0.2) is 0 Å². The van der Waals surface area contributed by atoms with Gasteiger partial charge in [-0.3, -0.25) is 4.90 Å². The van der Waals surface area contributed by atoms with Crippen molar-refractivity contribution in [2.75, 3.05) is 13.1 Å². The maximum atomic E-state index is 6.25. The van der Waals surface area contributed by atoms with Crippen molar-refractivity contribution in [2.45, 2.75) is 39.3 Å². The summed E-state index contributed by atoms with van der Waals surface area (Å²) in [6.07, 6.45) is 1.30. The molecule has 2 nitrogen and oxygen atoms in total. The molecule has 3 heteroatoms. The first kappa shape index (κ1) is 15.0. The Hall–Kier alpha value is -0.380. The molecule has 0 aromatic heterocycles. The highest BCUT2D eigenvalue weighted by molar-refractivity contribution is 9.10. The van der Waals surface area contributed by atoms with Gasteiger partial charge in [-0.05, 0) is 49.4 Å². The van der Waals surface area contributed by atoms with Crippen LogP contribution in [0.4, 0.5) is 0 Å². The number of hydrogen-bond donors (Lipinski definition) is 1. The Bertz CT molecular complexity index is 400. The van der Waals surface area contributed by atoms with Crippen molar-refractivity contribution in [3.63, 3.8) is 0 Å². The molecule has 1 fully saturated rings. The van der Waals surface area contributed by atoms with E-state index in [0.29, 0.717) is 6.04 Å². The molecule has 2 rings (SSSR count). The molecule has 19 heavy (non-hydrogen) atoms. The summed E-state index contributed by atoms with van der Waals surface area (Å²) in [7, 11) is 0. The van der Waals surface area contributed by atoms with Crippen LogP contribution in [0.15, 0.2) is 28.7 Å². The summed E-state index contributed by atoms with van der Waals surface area (Å²) in [4.78, 5) is 2.57. The SMILES string of the molecule is CC(C)C1CCN(C(c2ccc(Br)cc2)C(C)N)C1. The Balaban J connectivity index is 2.15. The number of hydrogen-bond acceptors (Lipinski definition) is 2. The number of likely N-dealkylation sites (tertiary alicyclic amines) is 1. The van der Waals surface area contributed by atoms with Crippen molar-refractivity contribution in [1.29, 1.82) is 0 Å². The summed E-state index contributed by atoms with van der Waals surface area (Å²) >= 11 is 3.50. The molecule has 0 radical (unpaired) electrons. The lowest BCUT2D eigenvalue weighted by atomic mass is 9.95. The van der Waals surface area contributed by atoms with E-state index in [2.05, 4.69) is 65.9 Å². The highest BCUT2D eigenvalue weighted by Gasteiger charge is 2.32. The van der Waals surface area contributed by atoms with Crippen molar-refractivity contribution in [3.05, 3.63) is 34.3 Å². The second kappa shape index (κ2) is 6.38. The molecule has 1 aromatic rings. The molecule has 1 saturated heterocycles. The van der Waals surface area contributed by atoms with Gasteiger partial charge in [0.15, 0.2) is 0 Å². The first-order valence-corrected chi connectivity index (χ1v) is 8.03. The Labute approximate surface area is 125 Å². The van der Waals surface area contributed by atoms with Crippen LogP contribution in [0.2, 0.25) is 0 Å². The van der Waals surface area contributed by atoms with Crippen LogP contribution >= 0.6 is 15.9 Å². The fourth-order valence-corrected chi connectivity index (χ4v) is 3.38. The number of nitrogens with zero attached hydrogens (tertiary/aromatic N) is 1. The number of rotatable bonds is 4. The van der Waals surface area contributed by atoms with E-state index in [0.717, 1.165) is 16.3 Å². The smallest absolute Gasteiger partial charge is 0.0496 e. The fourth-order valence-electron chi connectivity index (χ4n) is 3.12. The Kier molecular flexibility index (Phi) is 5.04. The van der Waals surface area contributed by atoms with Crippen LogP contribution < -0.4 is 5.73 Å². The molecule has 0 spiro atoms. The van der Waals surface area contributed by atoms with Crippen LogP contribution in [0.1, 0.15) is 38.8 Å². The van der Waals surface area contributed by atoms with Crippen molar-refractivity contribution >= 4 is 15.9 Å². The minimum absolute atomic E-state index is 0.159. The van der Waals surface area contributed by atoms with Gasteiger partial charge in [-0.1, -0.05) is 41.9 Å². The normalized spacial score (nSPS) is 23.8. The average molecular weight is 325 g/mol. The summed E-state index contributed by atoms with van der Waals surface area (Å²) in [6.45, 7) is 9.13. The maximum Gasteiger partial charge on any atom is 0.0496 e. The monoisotopic (exact) mass is 324 g/mol. The van der Waals surface area contributed by atoms with Crippen molar-refractivity contribution in [1.82, 2.24) is 4.90 Å². The van der Waals surface area contributed by atoms with Gasteiger partial charge in [0.25, 0.3) is 0 Å². The fraction of sp³-hybridized carbons (Fsp3) is 0.625. The first-order chi connectivity index (χ1) is 8.99. The van der Waals surface area contributed by atoms with E-state index in [1.54, 1.807) is 0 Å². The highest BCUT2D eigenvalue weighted by Crippen LogP contribution is 2.32. The molecular weight excluding hydrogens is 300 g/mol. The van der Waals surface area contributed by atoms with Crippen molar-refractivity contribution < 1.29 is 0 Å². The standard InChI is InChI=1S/C16H25BrN2/c1-11(2)14-8-9-19(10-14)16(12(3)18)13-4-6-15(17)7-5-13/h4-7,11-12,14,16H,8-10,18H2,1-3H3. The molecule has 1 heterocycles. The van der Waals surface area contributed by atoms with Gasteiger partial charge in [-0.2, -0.15) is 0 Å². The topological polar surface area (TPSA) is 29.3 Å². The zero-order valence-corrected chi connectivity index (χ0v) is 13.7. The van der Waals surface area contributed by atoms with Gasteiger partial charge < -0.3 is 5.73 Å². The summed E-state index contributed by atoms with van der Waals surface area (Å²) in [5.41, 5.74) is 7.59. The second-order valence-electron chi connectivity index (χ2n) is 6.14. The van der Waals surface area contributed by atoms with Crippen LogP contribution in [-0.2, 0) is 0 Å². The molecule has 3 atom stereocenters. The van der Waals surface area contributed by atoms with E-state index >= 15 is 0 Å². The molecule has 1 aromatic carbocycles. The van der Waals surface area contributed by atoms with Crippen molar-refractivity contribution in [3.8, 4) is 0 Å². The van der Waals surface area contributed by atoms with Crippen molar-refractivity contribution in [2.24, 2.45) is 17.6 Å². The Morgan fingerprint density at radius 2 is 1.84 bits per heavy atom. The van der Waals surface area contributed by atoms with Crippen LogP contribution in [-0.4, -0.2) is 24.0 Å². The van der Waals surface area contributed by atoms with E-state index in [1.165, 1.54) is 25.1 Å². The molecule has 3 unspecified atom stereocenters. The predicted molar refractivity (Wildman–Crippen MR) is 85.1 cm³/mol. The summed E-state index contributed by atoms with van der Waals surface area (Å²) in [5, 5.41) is 0. The number of benzene rings is 1. The molecular formula is C16H25BrN2. The van der Waals surface area contributed by atoms with Gasteiger partial charge in [0.05, 0.1) is 0 Å². The molecule has 1 aliphatic heterocycles. The molecule has 2 N–H and O–H groups in total. The predicted octanol–water partition coefficient (Wildman–Crippen LogP) is 3.82. The Morgan fingerprint density at radius 3 is 2.32 bits per heavy atom. The van der Waals surface area contributed by atoms with Gasteiger partial charge in [-0.15, -0.1) is 0 Å². The summed E-state index contributed by atoms with van der Waals surface area (Å²) in [6, 6.07) is 9.12. The van der Waals surface area contributed by atoms with Crippen LogP contribution in [0.25, 0.3) is 0 Å². The summed E-state index contributed by atoms with van der Waals surface area (Å²) in [5.74, 6) is 1.58. The largest absolute Gasteiger partial charge is 0.326 e. The van der Waals surface area contributed by atoms with Gasteiger partial charge in [0, 0.05) is 23.1 Å². The van der Waals surface area contributed by atoms with Gasteiger partial charge >= 0.3 is 0 Å². The third-order valence-electron chi connectivity index (χ3n) is 4.30. The van der Waals surface area contributed by atoms with E-state index in [9.17, 15) is 0 Å². The number of halogens is 1. The minimum atomic E-state index is 0.159. The third-order valence-corrected chi connectivity index (χ3v) is 4.83. The van der Waals surface area contributed by atoms with E-state index < -0.39 is 0 Å². The van der Waals surface area contributed by atoms with Crippen LogP contribution in [0.5, 0.6) is 0 Å². The third kappa shape index (κ3) is 3.59. The summed E-state index contributed by atoms with van der Waals surface area (Å²) < 4.78 is 1.13. The van der Waals surface area contributed by atoms with Gasteiger partial charge in [0.1, 0.15) is 0 Å². The second-order valence-corrected chi connectivity index (χ2v) is 7.06. The van der Waals surface area contributed by atoms with Gasteiger partial charge in [0.2, 0.25) is 0 Å². The molecule has 1 aliphatic rings. The van der Waals surface area contributed by atoms with E-state index in [-0.39, 0.29) is 6.04 Å². The maximum absolute atomic E-state index is 6.25. The Morgan fingerprint density at radius 1 is 1.21 bits per heavy atom. The zero-order chi connectivity index (χ0) is 14.0. The van der Waals surface area contributed by atoms with Crippen LogP contribution in [0, 0.1) is 11.8 Å². The zero-order valence-electron chi connectivity index (χ0n) is 12.1. The van der Waals surface area contributed by atoms with E-state index in [1.807, 2.05) is 0 Å². The van der Waals surface area contributed by atoms with Crippen LogP contribution in [0.3, 0.4) is 0 Å². The molecule has 0 bridgehead atoms. The molecule has 0 aliphatic carbocycles.